The highest BCUT2D eigenvalue weighted by molar-refractivity contribution is 5.98. The van der Waals surface area contributed by atoms with Gasteiger partial charge in [0.05, 0.1) is 0 Å². The predicted octanol–water partition coefficient (Wildman–Crippen LogP) is 1.56. The SMILES string of the molecule is O=C1CCc2cc(C(=O)N3CCN(C(=O)c4ccncc4)CC3)ccc2N1. The van der Waals surface area contributed by atoms with Gasteiger partial charge in [-0.3, -0.25) is 19.4 Å². The van der Waals surface area contributed by atoms with Crippen LogP contribution < -0.4 is 5.32 Å². The zero-order valence-electron chi connectivity index (χ0n) is 14.9. The van der Waals surface area contributed by atoms with Gasteiger partial charge in [-0.2, -0.15) is 0 Å². The summed E-state index contributed by atoms with van der Waals surface area (Å²) in [6.45, 7) is 2.02. The van der Waals surface area contributed by atoms with Crippen LogP contribution in [0.25, 0.3) is 0 Å². The third-order valence-corrected chi connectivity index (χ3v) is 5.03. The molecule has 1 aromatic heterocycles. The van der Waals surface area contributed by atoms with Crippen LogP contribution in [0.2, 0.25) is 0 Å². The van der Waals surface area contributed by atoms with E-state index >= 15 is 0 Å². The number of carbonyl (C=O) groups is 3. The molecule has 0 radical (unpaired) electrons. The van der Waals surface area contributed by atoms with Crippen molar-refractivity contribution < 1.29 is 14.4 Å². The molecule has 0 saturated carbocycles. The van der Waals surface area contributed by atoms with Crippen molar-refractivity contribution in [3.63, 3.8) is 0 Å². The molecule has 0 atom stereocenters. The molecule has 3 amide bonds. The molecular formula is C20H20N4O3. The highest BCUT2D eigenvalue weighted by atomic mass is 16.2. The van der Waals surface area contributed by atoms with Gasteiger partial charge in [-0.1, -0.05) is 0 Å². The minimum atomic E-state index is -0.0364. The number of nitrogens with zero attached hydrogens (tertiary/aromatic N) is 3. The average molecular weight is 364 g/mol. The van der Waals surface area contributed by atoms with E-state index in [1.54, 1.807) is 46.5 Å². The number of fused-ring (bicyclic) bond motifs is 1. The van der Waals surface area contributed by atoms with Gasteiger partial charge in [0.15, 0.2) is 0 Å². The Kier molecular flexibility index (Phi) is 4.58. The van der Waals surface area contributed by atoms with Gasteiger partial charge in [0.2, 0.25) is 5.91 Å². The van der Waals surface area contributed by atoms with E-state index in [1.165, 1.54) is 0 Å². The van der Waals surface area contributed by atoms with Crippen molar-refractivity contribution in [2.75, 3.05) is 31.5 Å². The molecule has 0 spiro atoms. The van der Waals surface area contributed by atoms with Gasteiger partial charge >= 0.3 is 0 Å². The number of nitrogens with one attached hydrogen (secondary N) is 1. The number of pyridine rings is 1. The second-order valence-corrected chi connectivity index (χ2v) is 6.74. The van der Waals surface area contributed by atoms with Gasteiger partial charge in [0.25, 0.3) is 11.8 Å². The molecule has 0 aliphatic carbocycles. The topological polar surface area (TPSA) is 82.6 Å². The summed E-state index contributed by atoms with van der Waals surface area (Å²) in [7, 11) is 0. The van der Waals surface area contributed by atoms with Gasteiger partial charge in [-0.15, -0.1) is 0 Å². The predicted molar refractivity (Wildman–Crippen MR) is 99.4 cm³/mol. The lowest BCUT2D eigenvalue weighted by atomic mass is 10.00. The molecule has 4 rings (SSSR count). The maximum Gasteiger partial charge on any atom is 0.254 e. The zero-order valence-corrected chi connectivity index (χ0v) is 14.9. The van der Waals surface area contributed by atoms with Crippen LogP contribution in [0.3, 0.4) is 0 Å². The number of hydrogen-bond donors (Lipinski definition) is 1. The van der Waals surface area contributed by atoms with Crippen molar-refractivity contribution in [3.8, 4) is 0 Å². The molecule has 1 fully saturated rings. The van der Waals surface area contributed by atoms with Gasteiger partial charge in [0.1, 0.15) is 0 Å². The summed E-state index contributed by atoms with van der Waals surface area (Å²) < 4.78 is 0. The van der Waals surface area contributed by atoms with E-state index in [1.807, 2.05) is 6.07 Å². The summed E-state index contributed by atoms with van der Waals surface area (Å²) in [6.07, 6.45) is 4.30. The number of hydrogen-bond acceptors (Lipinski definition) is 4. The van der Waals surface area contributed by atoms with Crippen LogP contribution in [0.5, 0.6) is 0 Å². The third kappa shape index (κ3) is 3.53. The number of aryl methyl sites for hydroxylation is 1. The van der Waals surface area contributed by atoms with E-state index < -0.39 is 0 Å². The van der Waals surface area contributed by atoms with Crippen molar-refractivity contribution in [2.24, 2.45) is 0 Å². The standard InChI is InChI=1S/C20H20N4O3/c25-18-4-2-15-13-16(1-3-17(15)22-18)20(27)24-11-9-23(10-12-24)19(26)14-5-7-21-8-6-14/h1,3,5-8,13H,2,4,9-12H2,(H,22,25). The van der Waals surface area contributed by atoms with Gasteiger partial charge in [0, 0.05) is 61.8 Å². The lowest BCUT2D eigenvalue weighted by Crippen LogP contribution is -2.50. The van der Waals surface area contributed by atoms with Crippen LogP contribution >= 0.6 is 0 Å². The fourth-order valence-corrected chi connectivity index (χ4v) is 3.49. The fourth-order valence-electron chi connectivity index (χ4n) is 3.49. The van der Waals surface area contributed by atoms with Crippen LogP contribution in [0, 0.1) is 0 Å². The molecular weight excluding hydrogens is 344 g/mol. The Labute approximate surface area is 157 Å². The monoisotopic (exact) mass is 364 g/mol. The molecule has 7 nitrogen and oxygen atoms in total. The third-order valence-electron chi connectivity index (χ3n) is 5.03. The summed E-state index contributed by atoms with van der Waals surface area (Å²) in [6, 6.07) is 8.81. The normalized spacial score (nSPS) is 16.5. The smallest absolute Gasteiger partial charge is 0.254 e. The Morgan fingerprint density at radius 1 is 0.852 bits per heavy atom. The van der Waals surface area contributed by atoms with Crippen LogP contribution in [0.4, 0.5) is 5.69 Å². The largest absolute Gasteiger partial charge is 0.335 e. The summed E-state index contributed by atoms with van der Waals surface area (Å²) in [4.78, 5) is 44.2. The summed E-state index contributed by atoms with van der Waals surface area (Å²) in [5.74, 6) is -0.0590. The Balaban J connectivity index is 1.40. The zero-order chi connectivity index (χ0) is 18.8. The Hall–Kier alpha value is -3.22. The van der Waals surface area contributed by atoms with Crippen molar-refractivity contribution in [2.45, 2.75) is 12.8 Å². The molecule has 2 aromatic rings. The minimum absolute atomic E-state index is 0.0107. The summed E-state index contributed by atoms with van der Waals surface area (Å²) in [5, 5.41) is 2.83. The molecule has 7 heteroatoms. The van der Waals surface area contributed by atoms with E-state index in [0.29, 0.717) is 50.1 Å². The first-order valence-corrected chi connectivity index (χ1v) is 9.03. The van der Waals surface area contributed by atoms with Crippen molar-refractivity contribution >= 4 is 23.4 Å². The number of benzene rings is 1. The Bertz CT molecular complexity index is 889. The Morgan fingerprint density at radius 2 is 1.48 bits per heavy atom. The molecule has 138 valence electrons. The first-order chi connectivity index (χ1) is 13.1. The molecule has 0 bridgehead atoms. The van der Waals surface area contributed by atoms with Crippen LogP contribution in [0.1, 0.15) is 32.7 Å². The van der Waals surface area contributed by atoms with Crippen molar-refractivity contribution in [3.05, 3.63) is 59.4 Å². The fraction of sp³-hybridized carbons (Fsp3) is 0.300. The number of rotatable bonds is 2. The number of amides is 3. The molecule has 2 aliphatic heterocycles. The maximum absolute atomic E-state index is 12.8. The van der Waals surface area contributed by atoms with Crippen molar-refractivity contribution in [1.29, 1.82) is 0 Å². The quantitative estimate of drug-likeness (QED) is 0.877. The number of piperazine rings is 1. The first kappa shape index (κ1) is 17.2. The average Bonchev–Trinajstić information content (AvgIpc) is 2.73. The highest BCUT2D eigenvalue weighted by Gasteiger charge is 2.26. The van der Waals surface area contributed by atoms with E-state index in [0.717, 1.165) is 11.3 Å². The first-order valence-electron chi connectivity index (χ1n) is 9.03. The van der Waals surface area contributed by atoms with E-state index in [9.17, 15) is 14.4 Å². The second-order valence-electron chi connectivity index (χ2n) is 6.74. The van der Waals surface area contributed by atoms with Crippen LogP contribution in [-0.2, 0) is 11.2 Å². The van der Waals surface area contributed by atoms with Crippen LogP contribution in [-0.4, -0.2) is 58.7 Å². The number of aromatic nitrogens is 1. The molecule has 3 heterocycles. The molecule has 1 N–H and O–H groups in total. The summed E-state index contributed by atoms with van der Waals surface area (Å²) in [5.41, 5.74) is 3.02. The van der Waals surface area contributed by atoms with Crippen LogP contribution in [0.15, 0.2) is 42.7 Å². The molecule has 0 unspecified atom stereocenters. The van der Waals surface area contributed by atoms with Gasteiger partial charge < -0.3 is 15.1 Å². The van der Waals surface area contributed by atoms with E-state index in [4.69, 9.17) is 0 Å². The molecule has 1 saturated heterocycles. The number of anilines is 1. The van der Waals surface area contributed by atoms with E-state index in [-0.39, 0.29) is 17.7 Å². The van der Waals surface area contributed by atoms with Crippen molar-refractivity contribution in [1.82, 2.24) is 14.8 Å². The molecule has 27 heavy (non-hydrogen) atoms. The van der Waals surface area contributed by atoms with E-state index in [2.05, 4.69) is 10.3 Å². The second kappa shape index (κ2) is 7.19. The van der Waals surface area contributed by atoms with Gasteiger partial charge in [-0.25, -0.2) is 0 Å². The summed E-state index contributed by atoms with van der Waals surface area (Å²) >= 11 is 0. The number of carbonyl (C=O) groups excluding carboxylic acids is 3. The molecule has 1 aromatic carbocycles. The lowest BCUT2D eigenvalue weighted by molar-refractivity contribution is -0.116. The lowest BCUT2D eigenvalue weighted by Gasteiger charge is -2.35. The maximum atomic E-state index is 12.8. The minimum Gasteiger partial charge on any atom is -0.335 e. The molecule has 2 aliphatic rings. The Morgan fingerprint density at radius 3 is 2.15 bits per heavy atom. The highest BCUT2D eigenvalue weighted by Crippen LogP contribution is 2.24. The van der Waals surface area contributed by atoms with Gasteiger partial charge in [-0.05, 0) is 42.3 Å².